The first-order valence-corrected chi connectivity index (χ1v) is 11.7. The van der Waals surface area contributed by atoms with Crippen LogP contribution in [0.2, 0.25) is 0 Å². The topological polar surface area (TPSA) is 67.4 Å². The van der Waals surface area contributed by atoms with Gasteiger partial charge in [0, 0.05) is 23.7 Å². The molecule has 0 aliphatic carbocycles. The highest BCUT2D eigenvalue weighted by atomic mass is 79.9. The maximum atomic E-state index is 13.4. The Bertz CT molecular complexity index is 813. The molecule has 0 aromatic heterocycles. The maximum absolute atomic E-state index is 13.4. The van der Waals surface area contributed by atoms with E-state index in [0.717, 1.165) is 0 Å². The van der Waals surface area contributed by atoms with Crippen molar-refractivity contribution in [3.63, 3.8) is 0 Å². The Morgan fingerprint density at radius 1 is 1.28 bits per heavy atom. The summed E-state index contributed by atoms with van der Waals surface area (Å²) >= 11 is 3.27. The molecule has 1 fully saturated rings. The standard InChI is InChI=1S/C19H28BrF3N2O3S/c1-12(2)18(3,4)11-24-29(26,27)17-6-5-13(20)9-16(17)25-15-7-8-28-10-14(15)19(21,22)23/h5-6,9,12,14-15,24-25H,7-8,10-11H2,1-4H3/t14-,15+/m0/s1. The molecule has 0 amide bonds. The molecule has 1 aromatic rings. The molecule has 5 nitrogen and oxygen atoms in total. The van der Waals surface area contributed by atoms with E-state index in [9.17, 15) is 21.6 Å². The summed E-state index contributed by atoms with van der Waals surface area (Å²) in [6.45, 7) is 7.87. The molecular formula is C19H28BrF3N2O3S. The van der Waals surface area contributed by atoms with Gasteiger partial charge < -0.3 is 10.1 Å². The van der Waals surface area contributed by atoms with E-state index in [1.807, 2.05) is 27.7 Å². The number of anilines is 1. The number of nitrogens with one attached hydrogen (secondary N) is 2. The lowest BCUT2D eigenvalue weighted by Crippen LogP contribution is -2.46. The molecule has 0 spiro atoms. The Hall–Kier alpha value is -0.840. The molecule has 0 unspecified atom stereocenters. The van der Waals surface area contributed by atoms with Crippen molar-refractivity contribution in [3.8, 4) is 0 Å². The summed E-state index contributed by atoms with van der Waals surface area (Å²) in [6.07, 6.45) is -4.31. The lowest BCUT2D eigenvalue weighted by Gasteiger charge is -2.34. The molecule has 0 bridgehead atoms. The zero-order valence-electron chi connectivity index (χ0n) is 16.9. The van der Waals surface area contributed by atoms with Crippen LogP contribution in [-0.4, -0.2) is 40.4 Å². The van der Waals surface area contributed by atoms with Gasteiger partial charge in [0.25, 0.3) is 0 Å². The van der Waals surface area contributed by atoms with Crippen molar-refractivity contribution >= 4 is 31.6 Å². The van der Waals surface area contributed by atoms with Crippen LogP contribution in [0.4, 0.5) is 18.9 Å². The van der Waals surface area contributed by atoms with Crippen molar-refractivity contribution in [1.82, 2.24) is 4.72 Å². The van der Waals surface area contributed by atoms with E-state index in [0.29, 0.717) is 4.47 Å². The number of sulfonamides is 1. The first-order valence-electron chi connectivity index (χ1n) is 9.44. The van der Waals surface area contributed by atoms with Gasteiger partial charge in [0.2, 0.25) is 10.0 Å². The minimum atomic E-state index is -4.44. The van der Waals surface area contributed by atoms with E-state index in [4.69, 9.17) is 4.74 Å². The Morgan fingerprint density at radius 3 is 2.52 bits per heavy atom. The van der Waals surface area contributed by atoms with Crippen molar-refractivity contribution in [3.05, 3.63) is 22.7 Å². The molecule has 1 aromatic carbocycles. The van der Waals surface area contributed by atoms with Crippen LogP contribution in [0.25, 0.3) is 0 Å². The zero-order chi connectivity index (χ0) is 22.0. The van der Waals surface area contributed by atoms with Crippen molar-refractivity contribution in [1.29, 1.82) is 0 Å². The van der Waals surface area contributed by atoms with E-state index >= 15 is 0 Å². The van der Waals surface area contributed by atoms with E-state index in [2.05, 4.69) is 26.0 Å². The first-order chi connectivity index (χ1) is 13.2. The molecule has 1 aliphatic rings. The van der Waals surface area contributed by atoms with Gasteiger partial charge in [0.05, 0.1) is 18.2 Å². The predicted octanol–water partition coefficient (Wildman–Crippen LogP) is 4.79. The van der Waals surface area contributed by atoms with Gasteiger partial charge in [-0.3, -0.25) is 0 Å². The van der Waals surface area contributed by atoms with Crippen LogP contribution in [-0.2, 0) is 14.8 Å². The first kappa shape index (κ1) is 24.4. The molecule has 1 saturated heterocycles. The number of halogens is 4. The normalized spacial score (nSPS) is 21.4. The van der Waals surface area contributed by atoms with Gasteiger partial charge in [-0.2, -0.15) is 13.2 Å². The Morgan fingerprint density at radius 2 is 1.93 bits per heavy atom. The number of alkyl halides is 3. The SMILES string of the molecule is CC(C)C(C)(C)CNS(=O)(=O)c1ccc(Br)cc1N[C@@H]1CCOC[C@@H]1C(F)(F)F. The largest absolute Gasteiger partial charge is 0.395 e. The number of benzene rings is 1. The lowest BCUT2D eigenvalue weighted by molar-refractivity contribution is -0.202. The van der Waals surface area contributed by atoms with E-state index in [-0.39, 0.29) is 41.5 Å². The third kappa shape index (κ3) is 6.32. The van der Waals surface area contributed by atoms with Crippen LogP contribution in [0.1, 0.15) is 34.1 Å². The van der Waals surface area contributed by atoms with Gasteiger partial charge in [-0.1, -0.05) is 43.6 Å². The lowest BCUT2D eigenvalue weighted by atomic mass is 9.81. The van der Waals surface area contributed by atoms with Crippen LogP contribution in [0.15, 0.2) is 27.6 Å². The third-order valence-electron chi connectivity index (χ3n) is 5.63. The van der Waals surface area contributed by atoms with E-state index in [1.54, 1.807) is 6.07 Å². The molecular weight excluding hydrogens is 473 g/mol. The highest BCUT2D eigenvalue weighted by Gasteiger charge is 2.46. The fourth-order valence-corrected chi connectivity index (χ4v) is 4.58. The van der Waals surface area contributed by atoms with Crippen molar-refractivity contribution in [2.24, 2.45) is 17.3 Å². The van der Waals surface area contributed by atoms with Gasteiger partial charge in [-0.15, -0.1) is 0 Å². The maximum Gasteiger partial charge on any atom is 0.395 e. The zero-order valence-corrected chi connectivity index (χ0v) is 19.3. The summed E-state index contributed by atoms with van der Waals surface area (Å²) in [5, 5.41) is 2.82. The number of hydrogen-bond acceptors (Lipinski definition) is 4. The minimum Gasteiger partial charge on any atom is -0.381 e. The smallest absolute Gasteiger partial charge is 0.381 e. The Labute approximate surface area is 179 Å². The summed E-state index contributed by atoms with van der Waals surface area (Å²) < 4.78 is 74.2. The fourth-order valence-electron chi connectivity index (χ4n) is 2.85. The molecule has 2 N–H and O–H groups in total. The van der Waals surface area contributed by atoms with Crippen LogP contribution >= 0.6 is 15.9 Å². The van der Waals surface area contributed by atoms with Crippen molar-refractivity contribution < 1.29 is 26.3 Å². The molecule has 1 heterocycles. The van der Waals surface area contributed by atoms with Crippen molar-refractivity contribution in [2.75, 3.05) is 25.1 Å². The van der Waals surface area contributed by atoms with Crippen LogP contribution in [0.5, 0.6) is 0 Å². The van der Waals surface area contributed by atoms with Crippen LogP contribution < -0.4 is 10.0 Å². The average molecular weight is 501 g/mol. The second-order valence-corrected chi connectivity index (χ2v) is 11.0. The number of rotatable bonds is 7. The van der Waals surface area contributed by atoms with Crippen molar-refractivity contribution in [2.45, 2.75) is 51.2 Å². The molecule has 166 valence electrons. The summed E-state index contributed by atoms with van der Waals surface area (Å²) in [5.74, 6) is -1.47. The fraction of sp³-hybridized carbons (Fsp3) is 0.684. The van der Waals surface area contributed by atoms with Crippen LogP contribution in [0, 0.1) is 17.3 Å². The van der Waals surface area contributed by atoms with Crippen LogP contribution in [0.3, 0.4) is 0 Å². The van der Waals surface area contributed by atoms with Gasteiger partial charge in [0.15, 0.2) is 0 Å². The second kappa shape index (κ2) is 9.11. The average Bonchev–Trinajstić information content (AvgIpc) is 2.59. The van der Waals surface area contributed by atoms with Gasteiger partial charge >= 0.3 is 6.18 Å². The highest BCUT2D eigenvalue weighted by Crippen LogP contribution is 2.36. The second-order valence-electron chi connectivity index (χ2n) is 8.37. The number of hydrogen-bond donors (Lipinski definition) is 2. The van der Waals surface area contributed by atoms with E-state index in [1.165, 1.54) is 12.1 Å². The summed E-state index contributed by atoms with van der Waals surface area (Å²) in [4.78, 5) is -0.0762. The Kier molecular flexibility index (Phi) is 7.68. The molecule has 1 aliphatic heterocycles. The monoisotopic (exact) mass is 500 g/mol. The summed E-state index contributed by atoms with van der Waals surface area (Å²) in [7, 11) is -3.92. The van der Waals surface area contributed by atoms with Gasteiger partial charge in [0.1, 0.15) is 4.90 Å². The molecule has 29 heavy (non-hydrogen) atoms. The van der Waals surface area contributed by atoms with Gasteiger partial charge in [-0.25, -0.2) is 13.1 Å². The number of ether oxygens (including phenoxy) is 1. The molecule has 10 heteroatoms. The Balaban J connectivity index is 2.31. The quantitative estimate of drug-likeness (QED) is 0.564. The molecule has 2 atom stereocenters. The predicted molar refractivity (Wildman–Crippen MR) is 110 cm³/mol. The minimum absolute atomic E-state index is 0.0762. The third-order valence-corrected chi connectivity index (χ3v) is 7.58. The molecule has 0 radical (unpaired) electrons. The summed E-state index contributed by atoms with van der Waals surface area (Å²) in [6, 6.07) is 3.46. The van der Waals surface area contributed by atoms with E-state index < -0.39 is 34.8 Å². The summed E-state index contributed by atoms with van der Waals surface area (Å²) in [5.41, 5.74) is -0.145. The van der Waals surface area contributed by atoms with Gasteiger partial charge in [-0.05, 0) is 36.0 Å². The highest BCUT2D eigenvalue weighted by molar-refractivity contribution is 9.10. The molecule has 2 rings (SSSR count). The molecule has 0 saturated carbocycles.